The lowest BCUT2D eigenvalue weighted by molar-refractivity contribution is 0.797. The lowest BCUT2D eigenvalue weighted by Gasteiger charge is -2.03. The summed E-state index contributed by atoms with van der Waals surface area (Å²) in [6.07, 6.45) is 5.47. The second-order valence-electron chi connectivity index (χ2n) is 2.85. The van der Waals surface area contributed by atoms with Crippen LogP contribution < -0.4 is 0 Å². The molecule has 0 aromatic carbocycles. The highest BCUT2D eigenvalue weighted by atomic mass is 79.9. The predicted molar refractivity (Wildman–Crippen MR) is 59.9 cm³/mol. The minimum atomic E-state index is 0.650. The van der Waals surface area contributed by atoms with Crippen molar-refractivity contribution in [1.29, 1.82) is 0 Å². The number of hydrogen-bond donors (Lipinski definition) is 0. The van der Waals surface area contributed by atoms with Gasteiger partial charge in [-0.2, -0.15) is 0 Å². The van der Waals surface area contributed by atoms with Crippen LogP contribution in [0.25, 0.3) is 0 Å². The second kappa shape index (κ2) is 4.83. The van der Waals surface area contributed by atoms with Gasteiger partial charge in [-0.3, -0.25) is 0 Å². The quantitative estimate of drug-likeness (QED) is 0.684. The molecule has 0 N–H and O–H groups in total. The first kappa shape index (κ1) is 10.0. The van der Waals surface area contributed by atoms with Crippen LogP contribution in [0.3, 0.4) is 0 Å². The predicted octanol–water partition coefficient (Wildman–Crippen LogP) is 4.58. The molecule has 0 aliphatic carbocycles. The van der Waals surface area contributed by atoms with E-state index in [9.17, 15) is 0 Å². The molecule has 0 saturated carbocycles. The van der Waals surface area contributed by atoms with Crippen molar-refractivity contribution in [3.63, 3.8) is 0 Å². The van der Waals surface area contributed by atoms with Crippen LogP contribution in [0.15, 0.2) is 28.1 Å². The van der Waals surface area contributed by atoms with Crippen molar-refractivity contribution in [1.82, 2.24) is 0 Å². The number of rotatable bonds is 3. The van der Waals surface area contributed by atoms with Crippen molar-refractivity contribution in [3.05, 3.63) is 32.9 Å². The van der Waals surface area contributed by atoms with Gasteiger partial charge in [-0.25, -0.2) is 0 Å². The van der Waals surface area contributed by atoms with E-state index in [1.165, 1.54) is 8.66 Å². The van der Waals surface area contributed by atoms with E-state index in [4.69, 9.17) is 0 Å². The fourth-order valence-corrected chi connectivity index (χ4v) is 2.54. The minimum Gasteiger partial charge on any atom is -0.133 e. The zero-order valence-electron chi connectivity index (χ0n) is 7.38. The number of hydrogen-bond acceptors (Lipinski definition) is 1. The average molecular weight is 245 g/mol. The Labute approximate surface area is 86.4 Å². The lowest BCUT2D eigenvalue weighted by Crippen LogP contribution is -1.85. The zero-order valence-corrected chi connectivity index (χ0v) is 9.78. The van der Waals surface area contributed by atoms with Crippen molar-refractivity contribution in [3.8, 4) is 0 Å². The number of thiophene rings is 1. The summed E-state index contributed by atoms with van der Waals surface area (Å²) in [5, 5.41) is 0. The van der Waals surface area contributed by atoms with E-state index in [1.54, 1.807) is 0 Å². The Bertz CT molecular complexity index is 263. The fourth-order valence-electron chi connectivity index (χ4n) is 1.05. The Hall–Kier alpha value is -0.0800. The first-order valence-corrected chi connectivity index (χ1v) is 5.71. The molecule has 1 atom stereocenters. The summed E-state index contributed by atoms with van der Waals surface area (Å²) in [6.45, 7) is 4.33. The van der Waals surface area contributed by atoms with Gasteiger partial charge in [0.1, 0.15) is 0 Å². The van der Waals surface area contributed by atoms with Gasteiger partial charge in [-0.1, -0.05) is 19.1 Å². The normalized spacial score (nSPS) is 13.9. The standard InChI is InChI=1S/C10H13BrS/c1-3-4-5-8(2)9-6-7-10(11)12-9/h3-4,6-8H,5H2,1-2H3/b4-3-. The van der Waals surface area contributed by atoms with E-state index in [0.29, 0.717) is 5.92 Å². The lowest BCUT2D eigenvalue weighted by atomic mass is 10.1. The molecule has 0 nitrogen and oxygen atoms in total. The van der Waals surface area contributed by atoms with E-state index in [-0.39, 0.29) is 0 Å². The molecule has 66 valence electrons. The van der Waals surface area contributed by atoms with Gasteiger partial charge in [0.15, 0.2) is 0 Å². The van der Waals surface area contributed by atoms with E-state index in [1.807, 2.05) is 11.3 Å². The van der Waals surface area contributed by atoms with Gasteiger partial charge < -0.3 is 0 Å². The highest BCUT2D eigenvalue weighted by molar-refractivity contribution is 9.11. The molecule has 0 saturated heterocycles. The zero-order chi connectivity index (χ0) is 8.97. The molecule has 0 aliphatic heterocycles. The SMILES string of the molecule is C/C=C\CC(C)c1ccc(Br)s1. The van der Waals surface area contributed by atoms with Gasteiger partial charge in [-0.15, -0.1) is 11.3 Å². The molecule has 1 aromatic rings. The Morgan fingerprint density at radius 2 is 2.33 bits per heavy atom. The minimum absolute atomic E-state index is 0.650. The summed E-state index contributed by atoms with van der Waals surface area (Å²) in [5.41, 5.74) is 0. The maximum atomic E-state index is 3.47. The third-order valence-electron chi connectivity index (χ3n) is 1.81. The van der Waals surface area contributed by atoms with Crippen LogP contribution in [0, 0.1) is 0 Å². The molecule has 0 spiro atoms. The molecular formula is C10H13BrS. The van der Waals surface area contributed by atoms with E-state index >= 15 is 0 Å². The maximum Gasteiger partial charge on any atom is 0.0701 e. The molecule has 1 aromatic heterocycles. The molecule has 1 heterocycles. The van der Waals surface area contributed by atoms with Crippen LogP contribution in [0.5, 0.6) is 0 Å². The summed E-state index contributed by atoms with van der Waals surface area (Å²) in [4.78, 5) is 1.46. The maximum absolute atomic E-state index is 3.47. The van der Waals surface area contributed by atoms with Crippen molar-refractivity contribution >= 4 is 27.3 Å². The molecule has 0 fully saturated rings. The largest absolute Gasteiger partial charge is 0.133 e. The molecule has 1 rings (SSSR count). The smallest absolute Gasteiger partial charge is 0.0701 e. The van der Waals surface area contributed by atoms with Crippen molar-refractivity contribution in [2.45, 2.75) is 26.2 Å². The first-order valence-electron chi connectivity index (χ1n) is 4.10. The van der Waals surface area contributed by atoms with Gasteiger partial charge in [0.25, 0.3) is 0 Å². The highest BCUT2D eigenvalue weighted by Gasteiger charge is 2.05. The second-order valence-corrected chi connectivity index (χ2v) is 5.34. The molecule has 0 bridgehead atoms. The molecule has 0 radical (unpaired) electrons. The summed E-state index contributed by atoms with van der Waals surface area (Å²) in [6, 6.07) is 4.31. The van der Waals surface area contributed by atoms with Crippen LogP contribution in [0.4, 0.5) is 0 Å². The van der Waals surface area contributed by atoms with Gasteiger partial charge in [-0.05, 0) is 47.3 Å². The molecule has 12 heavy (non-hydrogen) atoms. The summed E-state index contributed by atoms with van der Waals surface area (Å²) in [7, 11) is 0. The molecule has 0 amide bonds. The Kier molecular flexibility index (Phi) is 4.02. The van der Waals surface area contributed by atoms with Crippen LogP contribution in [0.1, 0.15) is 31.1 Å². The van der Waals surface area contributed by atoms with Crippen LogP contribution in [0.2, 0.25) is 0 Å². The van der Waals surface area contributed by atoms with E-state index in [2.05, 4.69) is 54.1 Å². The van der Waals surface area contributed by atoms with E-state index < -0.39 is 0 Å². The molecular weight excluding hydrogens is 232 g/mol. The van der Waals surface area contributed by atoms with Gasteiger partial charge in [0, 0.05) is 4.88 Å². The topological polar surface area (TPSA) is 0 Å². The Balaban J connectivity index is 2.58. The molecule has 1 unspecified atom stereocenters. The summed E-state index contributed by atoms with van der Waals surface area (Å²) < 4.78 is 1.23. The van der Waals surface area contributed by atoms with Crippen molar-refractivity contribution in [2.75, 3.05) is 0 Å². The summed E-state index contributed by atoms with van der Waals surface area (Å²) in [5.74, 6) is 0.650. The fraction of sp³-hybridized carbons (Fsp3) is 0.400. The van der Waals surface area contributed by atoms with Gasteiger partial charge in [0.05, 0.1) is 3.79 Å². The molecule has 2 heteroatoms. The van der Waals surface area contributed by atoms with Crippen molar-refractivity contribution in [2.24, 2.45) is 0 Å². The number of allylic oxidation sites excluding steroid dienone is 2. The third kappa shape index (κ3) is 2.76. The Morgan fingerprint density at radius 3 is 2.83 bits per heavy atom. The average Bonchev–Trinajstić information content (AvgIpc) is 2.47. The number of halogens is 1. The van der Waals surface area contributed by atoms with Crippen LogP contribution >= 0.6 is 27.3 Å². The highest BCUT2D eigenvalue weighted by Crippen LogP contribution is 2.30. The first-order chi connectivity index (χ1) is 5.74. The van der Waals surface area contributed by atoms with Gasteiger partial charge >= 0.3 is 0 Å². The van der Waals surface area contributed by atoms with E-state index in [0.717, 1.165) is 6.42 Å². The van der Waals surface area contributed by atoms with Gasteiger partial charge in [0.2, 0.25) is 0 Å². The molecule has 0 aliphatic rings. The van der Waals surface area contributed by atoms with Crippen molar-refractivity contribution < 1.29 is 0 Å². The summed E-state index contributed by atoms with van der Waals surface area (Å²) >= 11 is 5.30. The van der Waals surface area contributed by atoms with Crippen LogP contribution in [-0.2, 0) is 0 Å². The third-order valence-corrected chi connectivity index (χ3v) is 3.66. The monoisotopic (exact) mass is 244 g/mol. The van der Waals surface area contributed by atoms with Crippen LogP contribution in [-0.4, -0.2) is 0 Å². The Morgan fingerprint density at radius 1 is 1.58 bits per heavy atom.